The van der Waals surface area contributed by atoms with E-state index in [4.69, 9.17) is 24.7 Å². The number of benzene rings is 4. The van der Waals surface area contributed by atoms with E-state index >= 15 is 0 Å². The number of hydrogen-bond acceptors (Lipinski definition) is 16. The van der Waals surface area contributed by atoms with Crippen molar-refractivity contribution in [3.05, 3.63) is 108 Å². The fourth-order valence-electron chi connectivity index (χ4n) is 10.5. The van der Waals surface area contributed by atoms with Crippen molar-refractivity contribution >= 4 is 109 Å². The fraction of sp³-hybridized carbons (Fsp3) is 0.446. The van der Waals surface area contributed by atoms with Gasteiger partial charge in [0.2, 0.25) is 23.6 Å². The van der Waals surface area contributed by atoms with Gasteiger partial charge in [-0.2, -0.15) is 0 Å². The molecule has 0 aliphatic carbocycles. The number of nitrogens with zero attached hydrogens (tertiary/aromatic N) is 4. The number of H-pyrrole nitrogens is 1. The molecule has 11 amide bonds. The van der Waals surface area contributed by atoms with Gasteiger partial charge in [-0.1, -0.05) is 71.7 Å². The minimum absolute atomic E-state index is 0.00121. The molecule has 0 spiro atoms. The first-order valence-electron chi connectivity index (χ1n) is 31.1. The number of likely N-dealkylation sites (N-methyl/N-ethyl adjacent to an activating group) is 1. The van der Waals surface area contributed by atoms with Crippen LogP contribution in [0.15, 0.2) is 91.0 Å². The molecule has 93 heavy (non-hydrogen) atoms. The van der Waals surface area contributed by atoms with Crippen molar-refractivity contribution < 1.29 is 66.9 Å². The van der Waals surface area contributed by atoms with E-state index in [0.717, 1.165) is 68.6 Å². The van der Waals surface area contributed by atoms with Gasteiger partial charge in [-0.05, 0) is 87.0 Å². The minimum Gasteiger partial charge on any atom is -0.492 e. The molecule has 1 aromatic heterocycles. The lowest BCUT2D eigenvalue weighted by atomic mass is 9.95. The number of imide groups is 1. The Hall–Kier alpha value is -9.12. The molecule has 1 fully saturated rings. The van der Waals surface area contributed by atoms with Gasteiger partial charge in [0.25, 0.3) is 17.7 Å². The lowest BCUT2D eigenvalue weighted by molar-refractivity contribution is -0.137. The highest BCUT2D eigenvalue weighted by atomic mass is 79.9. The minimum atomic E-state index is -0.867. The molecule has 10 N–H and O–H groups in total. The summed E-state index contributed by atoms with van der Waals surface area (Å²) in [5, 5.41) is 22.6. The second-order valence-corrected chi connectivity index (χ2v) is 23.4. The Morgan fingerprint density at radius 2 is 1.46 bits per heavy atom. The number of anilines is 2. The van der Waals surface area contributed by atoms with Crippen LogP contribution in [0.3, 0.4) is 0 Å². The first kappa shape index (κ1) is 71.3. The van der Waals surface area contributed by atoms with E-state index in [-0.39, 0.29) is 107 Å². The fourth-order valence-corrected chi connectivity index (χ4v) is 11.0. The van der Waals surface area contributed by atoms with Crippen LogP contribution in [-0.4, -0.2) is 202 Å². The van der Waals surface area contributed by atoms with Crippen LogP contribution in [0, 0.1) is 12.8 Å². The van der Waals surface area contributed by atoms with Crippen LogP contribution in [-0.2, 0) is 38.2 Å². The number of halogens is 1. The summed E-state index contributed by atoms with van der Waals surface area (Å²) >= 11 is 3.67. The van der Waals surface area contributed by atoms with E-state index in [1.54, 1.807) is 28.9 Å². The second kappa shape index (κ2) is 35.6. The number of fused-ring (bicyclic) bond motifs is 4. The Morgan fingerprint density at radius 3 is 2.16 bits per heavy atom. The third-order valence-electron chi connectivity index (χ3n) is 15.4. The number of hydrogen-bond donors (Lipinski definition) is 9. The Balaban J connectivity index is 0.000000264. The molecule has 0 radical (unpaired) electrons. The van der Waals surface area contributed by atoms with E-state index in [0.29, 0.717) is 74.0 Å². The summed E-state index contributed by atoms with van der Waals surface area (Å²) in [4.78, 5) is 133. The van der Waals surface area contributed by atoms with Gasteiger partial charge in [-0.15, -0.1) is 0 Å². The SMILES string of the molecule is CCOC(=O)NCCOc1ccc2[nH]c(C(=O)N3C[C@@H](CBr)c4c3cc(OC(=O)N3CCN(C)CC3)c3ccccc43)cc2c1.Cc1ccc(NC(=O)[C@H](CCCNC(N)=O)NC(=O)[C@@H](NCCNC(=O)CCOCCNC(=O)CCN2C(=O)C=CC2=O)C(C)C)cc1. The van der Waals surface area contributed by atoms with Crippen molar-refractivity contribution in [3.63, 3.8) is 0 Å². The summed E-state index contributed by atoms with van der Waals surface area (Å²) in [7, 11) is 2.04. The van der Waals surface area contributed by atoms with E-state index in [1.165, 1.54) is 0 Å². The van der Waals surface area contributed by atoms with Gasteiger partial charge in [0, 0.05) is 130 Å². The summed E-state index contributed by atoms with van der Waals surface area (Å²) in [6.07, 6.45) is 2.20. The van der Waals surface area contributed by atoms with E-state index in [1.807, 2.05) is 94.5 Å². The molecule has 28 heteroatoms. The monoisotopic (exact) mass is 1350 g/mol. The topological polar surface area (TPSA) is 347 Å². The summed E-state index contributed by atoms with van der Waals surface area (Å²) in [6, 6.07) is 22.2. The maximum absolute atomic E-state index is 14.1. The van der Waals surface area contributed by atoms with Crippen molar-refractivity contribution in [3.8, 4) is 11.5 Å². The second-order valence-electron chi connectivity index (χ2n) is 22.7. The van der Waals surface area contributed by atoms with Crippen molar-refractivity contribution in [2.24, 2.45) is 11.7 Å². The van der Waals surface area contributed by atoms with Crippen LogP contribution < -0.4 is 57.3 Å². The van der Waals surface area contributed by atoms with Gasteiger partial charge < -0.3 is 81.6 Å². The summed E-state index contributed by atoms with van der Waals surface area (Å²) < 4.78 is 22.1. The number of alkyl carbamates (subject to hydrolysis) is 1. The van der Waals surface area contributed by atoms with Crippen molar-refractivity contribution in [2.75, 3.05) is 121 Å². The predicted molar refractivity (Wildman–Crippen MR) is 353 cm³/mol. The number of aromatic nitrogens is 1. The molecule has 8 rings (SSSR count). The first-order chi connectivity index (χ1) is 44.7. The Labute approximate surface area is 548 Å². The molecule has 0 unspecified atom stereocenters. The number of aryl methyl sites for hydroxylation is 1. The molecular formula is C65H84BrN13O14. The molecule has 3 aliphatic rings. The van der Waals surface area contributed by atoms with Crippen LogP contribution in [0.5, 0.6) is 11.5 Å². The third-order valence-corrected chi connectivity index (χ3v) is 16.2. The number of amides is 11. The van der Waals surface area contributed by atoms with Crippen LogP contribution >= 0.6 is 15.9 Å². The quantitative estimate of drug-likeness (QED) is 0.0170. The predicted octanol–water partition coefficient (Wildman–Crippen LogP) is 4.77. The lowest BCUT2D eigenvalue weighted by Gasteiger charge is -2.31. The number of carbonyl (C=O) groups is 10. The number of rotatable bonds is 30. The summed E-state index contributed by atoms with van der Waals surface area (Å²) in [5.74, 6) is -1.42. The number of aromatic amines is 1. The standard InChI is InChI=1S/C33H36BrN5O6.C32H48N8O8/c1-3-43-32(41)35-10-15-44-23-8-9-26-21(16-23)17-27(36-26)31(40)39-20-22(19-34)30-25-7-5-4-6-24(25)29(18-28(30)39)45-33(42)38-13-11-37(2)12-14-38;1-21(2)29(31(46)39-24(5-4-14-37-32(33)47)30(45)38-23-8-6-22(3)7-9-23)36-16-15-34-26(42)13-19-48-20-17-35-25(41)12-18-40-27(43)10-11-28(40)44/h4-9,16-18,22,36H,3,10-15,19-20H2,1-2H3,(H,35,41);6-11,21,24,29,36H,4-5,12-20H2,1-3H3,(H,34,42)(H,35,41)(H,38,45)(H,39,46)(H3,33,37,47)/t22-;24-,29-/m10/s1. The number of urea groups is 1. The van der Waals surface area contributed by atoms with Crippen molar-refractivity contribution in [2.45, 2.75) is 71.4 Å². The van der Waals surface area contributed by atoms with Gasteiger partial charge in [-0.25, -0.2) is 14.4 Å². The lowest BCUT2D eigenvalue weighted by Crippen LogP contribution is -2.54. The number of carbonyl (C=O) groups excluding carboxylic acids is 10. The van der Waals surface area contributed by atoms with Gasteiger partial charge in [-0.3, -0.25) is 38.5 Å². The van der Waals surface area contributed by atoms with Gasteiger partial charge in [0.15, 0.2) is 0 Å². The normalized spacial score (nSPS) is 15.0. The molecule has 27 nitrogen and oxygen atoms in total. The molecule has 4 heterocycles. The summed E-state index contributed by atoms with van der Waals surface area (Å²) in [6.45, 7) is 12.9. The van der Waals surface area contributed by atoms with Crippen molar-refractivity contribution in [1.29, 1.82) is 0 Å². The Morgan fingerprint density at radius 1 is 0.763 bits per heavy atom. The number of alkyl halides is 1. The largest absolute Gasteiger partial charge is 0.492 e. The van der Waals surface area contributed by atoms with Crippen LogP contribution in [0.4, 0.5) is 25.8 Å². The molecular weight excluding hydrogens is 1270 g/mol. The Bertz CT molecular complexity index is 3460. The van der Waals surface area contributed by atoms with Crippen molar-refractivity contribution in [1.82, 2.24) is 51.6 Å². The molecule has 4 aromatic carbocycles. The van der Waals surface area contributed by atoms with E-state index in [2.05, 4.69) is 63.0 Å². The third kappa shape index (κ3) is 21.2. The van der Waals surface area contributed by atoms with E-state index < -0.39 is 41.9 Å². The number of ether oxygens (including phenoxy) is 4. The average molecular weight is 1350 g/mol. The average Bonchev–Trinajstić information content (AvgIpc) is 1.64. The highest BCUT2D eigenvalue weighted by Crippen LogP contribution is 2.46. The maximum Gasteiger partial charge on any atom is 0.415 e. The molecule has 5 aromatic rings. The molecule has 3 aliphatic heterocycles. The summed E-state index contributed by atoms with van der Waals surface area (Å²) in [5.41, 5.74) is 9.78. The smallest absolute Gasteiger partial charge is 0.415 e. The Kier molecular flexibility index (Phi) is 27.3. The zero-order valence-corrected chi connectivity index (χ0v) is 54.7. The number of piperazine rings is 1. The molecule has 3 atom stereocenters. The van der Waals surface area contributed by atoms with Gasteiger partial charge in [0.1, 0.15) is 29.8 Å². The zero-order chi connectivity index (χ0) is 67.0. The van der Waals surface area contributed by atoms with E-state index in [9.17, 15) is 47.9 Å². The van der Waals surface area contributed by atoms with Crippen LogP contribution in [0.1, 0.15) is 74.0 Å². The highest BCUT2D eigenvalue weighted by molar-refractivity contribution is 9.09. The number of nitrogens with two attached hydrogens (primary N) is 1. The van der Waals surface area contributed by atoms with Gasteiger partial charge in [0.05, 0.1) is 38.1 Å². The number of nitrogens with one attached hydrogen (secondary N) is 8. The molecule has 0 saturated carbocycles. The van der Waals surface area contributed by atoms with Gasteiger partial charge >= 0.3 is 18.2 Å². The zero-order valence-electron chi connectivity index (χ0n) is 53.1. The highest BCUT2D eigenvalue weighted by Gasteiger charge is 2.37. The number of primary amides is 1. The first-order valence-corrected chi connectivity index (χ1v) is 32.2. The van der Waals surface area contributed by atoms with Crippen LogP contribution in [0.25, 0.3) is 21.7 Å². The molecule has 1 saturated heterocycles. The van der Waals surface area contributed by atoms with Crippen LogP contribution in [0.2, 0.25) is 0 Å². The maximum atomic E-state index is 14.1. The molecule has 500 valence electrons. The molecule has 0 bridgehead atoms.